The molecule has 8 heteroatoms. The molecule has 7 nitrogen and oxygen atoms in total. The Kier molecular flexibility index (Phi) is 5.91. The molecule has 28 heavy (non-hydrogen) atoms. The summed E-state index contributed by atoms with van der Waals surface area (Å²) >= 11 is 0. The van der Waals surface area contributed by atoms with Gasteiger partial charge in [0, 0.05) is 12.1 Å². The number of halogens is 1. The molecule has 2 aromatic carbocycles. The smallest absolute Gasteiger partial charge is 0.339 e. The molecule has 3 rings (SSSR count). The van der Waals surface area contributed by atoms with E-state index < -0.39 is 17.7 Å². The number of hydrogen-bond donors (Lipinski definition) is 2. The van der Waals surface area contributed by atoms with Crippen molar-refractivity contribution < 1.29 is 18.7 Å². The molecule has 0 aliphatic rings. The quantitative estimate of drug-likeness (QED) is 0.639. The van der Waals surface area contributed by atoms with E-state index in [1.54, 1.807) is 42.5 Å². The SMILES string of the molecule is COC(=O)c1ccccc1Nc1cnc(C(=O)NCc2ccccc2F)cn1. The van der Waals surface area contributed by atoms with E-state index in [0.29, 0.717) is 22.6 Å². The summed E-state index contributed by atoms with van der Waals surface area (Å²) in [6, 6.07) is 13.0. The first-order valence-electron chi connectivity index (χ1n) is 8.36. The van der Waals surface area contributed by atoms with Crippen LogP contribution in [0.5, 0.6) is 0 Å². The van der Waals surface area contributed by atoms with Gasteiger partial charge in [-0.1, -0.05) is 30.3 Å². The molecule has 0 unspecified atom stereocenters. The number of nitrogens with zero attached hydrogens (tertiary/aromatic N) is 2. The minimum absolute atomic E-state index is 0.0414. The summed E-state index contributed by atoms with van der Waals surface area (Å²) in [5.41, 5.74) is 1.31. The molecule has 2 N–H and O–H groups in total. The fraction of sp³-hybridized carbons (Fsp3) is 0.100. The normalized spacial score (nSPS) is 10.2. The third-order valence-corrected chi connectivity index (χ3v) is 3.88. The van der Waals surface area contributed by atoms with Crippen molar-refractivity contribution in [2.75, 3.05) is 12.4 Å². The van der Waals surface area contributed by atoms with Crippen molar-refractivity contribution in [1.82, 2.24) is 15.3 Å². The van der Waals surface area contributed by atoms with Crippen LogP contribution in [0.4, 0.5) is 15.9 Å². The number of methoxy groups -OCH3 is 1. The Hall–Kier alpha value is -3.81. The zero-order valence-electron chi connectivity index (χ0n) is 15.0. The molecular weight excluding hydrogens is 363 g/mol. The third-order valence-electron chi connectivity index (χ3n) is 3.88. The molecule has 0 bridgehead atoms. The maximum absolute atomic E-state index is 13.6. The van der Waals surface area contributed by atoms with Crippen LogP contribution in [-0.2, 0) is 11.3 Å². The van der Waals surface area contributed by atoms with Crippen LogP contribution in [0.25, 0.3) is 0 Å². The highest BCUT2D eigenvalue weighted by atomic mass is 19.1. The lowest BCUT2D eigenvalue weighted by Gasteiger charge is -2.10. The Bertz CT molecular complexity index is 993. The lowest BCUT2D eigenvalue weighted by Crippen LogP contribution is -2.24. The lowest BCUT2D eigenvalue weighted by molar-refractivity contribution is 0.0601. The molecular formula is C20H17FN4O3. The van der Waals surface area contributed by atoms with Gasteiger partial charge in [-0.15, -0.1) is 0 Å². The van der Waals surface area contributed by atoms with Crippen LogP contribution in [-0.4, -0.2) is 29.0 Å². The van der Waals surface area contributed by atoms with Crippen LogP contribution in [0.1, 0.15) is 26.4 Å². The predicted octanol–water partition coefficient (Wildman–Crippen LogP) is 3.08. The summed E-state index contributed by atoms with van der Waals surface area (Å²) < 4.78 is 18.3. The van der Waals surface area contributed by atoms with Crippen molar-refractivity contribution in [3.63, 3.8) is 0 Å². The summed E-state index contributed by atoms with van der Waals surface area (Å²) in [6.45, 7) is 0.0414. The number of carbonyl (C=O) groups excluding carboxylic acids is 2. The second kappa shape index (κ2) is 8.72. The van der Waals surface area contributed by atoms with Gasteiger partial charge in [-0.25, -0.2) is 19.2 Å². The van der Waals surface area contributed by atoms with Gasteiger partial charge in [0.05, 0.1) is 30.8 Å². The molecule has 0 radical (unpaired) electrons. The van der Waals surface area contributed by atoms with E-state index in [1.807, 2.05) is 0 Å². The summed E-state index contributed by atoms with van der Waals surface area (Å²) in [5, 5.41) is 5.56. The first-order valence-corrected chi connectivity index (χ1v) is 8.36. The van der Waals surface area contributed by atoms with Gasteiger partial charge in [0.15, 0.2) is 0 Å². The molecule has 0 aliphatic carbocycles. The zero-order valence-corrected chi connectivity index (χ0v) is 15.0. The number of ether oxygens (including phenoxy) is 1. The first-order chi connectivity index (χ1) is 13.6. The van der Waals surface area contributed by atoms with E-state index in [1.165, 1.54) is 25.6 Å². The highest BCUT2D eigenvalue weighted by Gasteiger charge is 2.13. The molecule has 0 spiro atoms. The second-order valence-corrected chi connectivity index (χ2v) is 5.72. The Morgan fingerprint density at radius 3 is 2.50 bits per heavy atom. The molecule has 0 fully saturated rings. The molecule has 0 saturated carbocycles. The van der Waals surface area contributed by atoms with Gasteiger partial charge in [0.2, 0.25) is 0 Å². The average Bonchev–Trinajstić information content (AvgIpc) is 2.73. The minimum atomic E-state index is -0.486. The van der Waals surface area contributed by atoms with Crippen molar-refractivity contribution in [3.8, 4) is 0 Å². The maximum Gasteiger partial charge on any atom is 0.339 e. The van der Waals surface area contributed by atoms with Gasteiger partial charge < -0.3 is 15.4 Å². The molecule has 142 valence electrons. The monoisotopic (exact) mass is 380 g/mol. The van der Waals surface area contributed by atoms with Gasteiger partial charge in [0.1, 0.15) is 17.3 Å². The largest absolute Gasteiger partial charge is 0.465 e. The summed E-state index contributed by atoms with van der Waals surface area (Å²) in [7, 11) is 1.30. The van der Waals surface area contributed by atoms with Crippen LogP contribution in [0, 0.1) is 5.82 Å². The van der Waals surface area contributed by atoms with Crippen LogP contribution in [0.15, 0.2) is 60.9 Å². The Balaban J connectivity index is 1.66. The van der Waals surface area contributed by atoms with Crippen LogP contribution < -0.4 is 10.6 Å². The number of para-hydroxylation sites is 1. The molecule has 0 saturated heterocycles. The van der Waals surface area contributed by atoms with Crippen molar-refractivity contribution in [3.05, 3.63) is 83.6 Å². The minimum Gasteiger partial charge on any atom is -0.465 e. The van der Waals surface area contributed by atoms with E-state index in [9.17, 15) is 14.0 Å². The molecule has 1 heterocycles. The third kappa shape index (κ3) is 4.47. The number of carbonyl (C=O) groups is 2. The van der Waals surface area contributed by atoms with Crippen LogP contribution in [0.2, 0.25) is 0 Å². The van der Waals surface area contributed by atoms with Gasteiger partial charge in [-0.2, -0.15) is 0 Å². The van der Waals surface area contributed by atoms with E-state index in [0.717, 1.165) is 0 Å². The van der Waals surface area contributed by atoms with Gasteiger partial charge in [-0.3, -0.25) is 4.79 Å². The molecule has 3 aromatic rings. The van der Waals surface area contributed by atoms with Gasteiger partial charge in [0.25, 0.3) is 5.91 Å². The van der Waals surface area contributed by atoms with Gasteiger partial charge >= 0.3 is 5.97 Å². The van der Waals surface area contributed by atoms with Crippen LogP contribution >= 0.6 is 0 Å². The number of aromatic nitrogens is 2. The summed E-state index contributed by atoms with van der Waals surface area (Å²) in [6.07, 6.45) is 2.66. The standard InChI is InChI=1S/C20H17FN4O3/c1-28-20(27)14-7-3-5-9-16(14)25-18-12-22-17(11-23-18)19(26)24-10-13-6-2-4-8-15(13)21/h2-9,11-12H,10H2,1H3,(H,23,25)(H,24,26). The fourth-order valence-corrected chi connectivity index (χ4v) is 2.44. The number of rotatable bonds is 6. The highest BCUT2D eigenvalue weighted by molar-refractivity contribution is 5.96. The molecule has 1 aromatic heterocycles. The molecule has 0 atom stereocenters. The van der Waals surface area contributed by atoms with Crippen molar-refractivity contribution in [1.29, 1.82) is 0 Å². The number of hydrogen-bond acceptors (Lipinski definition) is 6. The highest BCUT2D eigenvalue weighted by Crippen LogP contribution is 2.20. The van der Waals surface area contributed by atoms with Crippen molar-refractivity contribution >= 4 is 23.4 Å². The van der Waals surface area contributed by atoms with E-state index in [-0.39, 0.29) is 12.2 Å². The Morgan fingerprint density at radius 2 is 1.79 bits per heavy atom. The van der Waals surface area contributed by atoms with E-state index in [4.69, 9.17) is 4.74 Å². The van der Waals surface area contributed by atoms with E-state index in [2.05, 4.69) is 20.6 Å². The topological polar surface area (TPSA) is 93.2 Å². The Morgan fingerprint density at radius 1 is 1.04 bits per heavy atom. The van der Waals surface area contributed by atoms with E-state index >= 15 is 0 Å². The zero-order chi connectivity index (χ0) is 19.9. The maximum atomic E-state index is 13.6. The van der Waals surface area contributed by atoms with Crippen LogP contribution in [0.3, 0.4) is 0 Å². The van der Waals surface area contributed by atoms with Gasteiger partial charge in [-0.05, 0) is 18.2 Å². The Labute approximate surface area is 160 Å². The summed E-state index contributed by atoms with van der Waals surface area (Å²) in [4.78, 5) is 32.2. The number of anilines is 2. The molecule has 0 aliphatic heterocycles. The fourth-order valence-electron chi connectivity index (χ4n) is 2.44. The predicted molar refractivity (Wildman–Crippen MR) is 101 cm³/mol. The van der Waals surface area contributed by atoms with Crippen molar-refractivity contribution in [2.45, 2.75) is 6.54 Å². The first kappa shape index (κ1) is 19.0. The number of nitrogens with one attached hydrogen (secondary N) is 2. The average molecular weight is 380 g/mol. The lowest BCUT2D eigenvalue weighted by atomic mass is 10.2. The number of benzene rings is 2. The second-order valence-electron chi connectivity index (χ2n) is 5.72. The number of amides is 1. The van der Waals surface area contributed by atoms with Crippen molar-refractivity contribution in [2.24, 2.45) is 0 Å². The summed E-state index contributed by atoms with van der Waals surface area (Å²) in [5.74, 6) is -1.00. The molecule has 1 amide bonds. The number of esters is 1.